The Morgan fingerprint density at radius 1 is 1.09 bits per heavy atom. The number of hydrogen-bond acceptors (Lipinski definition) is 7. The first-order valence-electron chi connectivity index (χ1n) is 9.97. The van der Waals surface area contributed by atoms with E-state index in [0.717, 1.165) is 10.6 Å². The molecule has 1 N–H and O–H groups in total. The number of esters is 1. The van der Waals surface area contributed by atoms with Gasteiger partial charge >= 0.3 is 5.97 Å². The molecule has 4 rings (SSSR count). The first-order chi connectivity index (χ1) is 15.4. The highest BCUT2D eigenvalue weighted by atomic mass is 32.1. The Morgan fingerprint density at radius 2 is 1.88 bits per heavy atom. The molecule has 2 aromatic carbocycles. The SMILES string of the molecule is CCc1nn2c(=O)cc(COC(=O)c3cccc(NC(=O)c4ccc(C)cc4)c3)nc2s1. The molecule has 0 aliphatic heterocycles. The van der Waals surface area contributed by atoms with E-state index >= 15 is 0 Å². The maximum absolute atomic E-state index is 12.5. The summed E-state index contributed by atoms with van der Waals surface area (Å²) in [6.07, 6.45) is 0.703. The quantitative estimate of drug-likeness (QED) is 0.452. The summed E-state index contributed by atoms with van der Waals surface area (Å²) in [4.78, 5) is 41.9. The molecule has 162 valence electrons. The van der Waals surface area contributed by atoms with E-state index in [2.05, 4.69) is 15.4 Å². The van der Waals surface area contributed by atoms with Crippen LogP contribution in [0.25, 0.3) is 4.96 Å². The smallest absolute Gasteiger partial charge is 0.338 e. The van der Waals surface area contributed by atoms with Crippen molar-refractivity contribution in [1.82, 2.24) is 14.6 Å². The topological polar surface area (TPSA) is 103 Å². The number of carbonyl (C=O) groups excluding carboxylic acids is 2. The molecule has 0 saturated heterocycles. The van der Waals surface area contributed by atoms with Crippen LogP contribution >= 0.6 is 11.3 Å². The van der Waals surface area contributed by atoms with E-state index < -0.39 is 5.97 Å². The molecule has 2 aromatic heterocycles. The number of amides is 1. The summed E-state index contributed by atoms with van der Waals surface area (Å²) in [6, 6.07) is 15.0. The van der Waals surface area contributed by atoms with Crippen molar-refractivity contribution >= 4 is 33.9 Å². The summed E-state index contributed by atoms with van der Waals surface area (Å²) < 4.78 is 6.58. The fraction of sp³-hybridized carbons (Fsp3) is 0.174. The molecule has 32 heavy (non-hydrogen) atoms. The molecule has 0 atom stereocenters. The van der Waals surface area contributed by atoms with Gasteiger partial charge < -0.3 is 10.1 Å². The van der Waals surface area contributed by atoms with Gasteiger partial charge in [0.25, 0.3) is 11.5 Å². The molecule has 0 radical (unpaired) electrons. The van der Waals surface area contributed by atoms with Gasteiger partial charge in [-0.3, -0.25) is 9.59 Å². The molecule has 8 nitrogen and oxygen atoms in total. The summed E-state index contributed by atoms with van der Waals surface area (Å²) in [5.74, 6) is -0.860. The number of aromatic nitrogens is 3. The van der Waals surface area contributed by atoms with Crippen molar-refractivity contribution in [3.05, 3.63) is 92.3 Å². The van der Waals surface area contributed by atoms with E-state index in [9.17, 15) is 14.4 Å². The van der Waals surface area contributed by atoms with Crippen LogP contribution in [0.4, 0.5) is 5.69 Å². The zero-order chi connectivity index (χ0) is 22.7. The van der Waals surface area contributed by atoms with Gasteiger partial charge in [0, 0.05) is 17.3 Å². The third-order valence-corrected chi connectivity index (χ3v) is 5.72. The highest BCUT2D eigenvalue weighted by molar-refractivity contribution is 7.16. The predicted octanol–water partition coefficient (Wildman–Crippen LogP) is 3.63. The molecule has 0 spiro atoms. The van der Waals surface area contributed by atoms with Gasteiger partial charge in [0.15, 0.2) is 0 Å². The second-order valence-corrected chi connectivity index (χ2v) is 8.15. The maximum atomic E-state index is 12.5. The normalized spacial score (nSPS) is 10.8. The van der Waals surface area contributed by atoms with Gasteiger partial charge in [0.1, 0.15) is 11.6 Å². The minimum Gasteiger partial charge on any atom is -0.456 e. The minimum absolute atomic E-state index is 0.149. The molecule has 2 heterocycles. The lowest BCUT2D eigenvalue weighted by molar-refractivity contribution is 0.0467. The van der Waals surface area contributed by atoms with E-state index in [1.165, 1.54) is 28.0 Å². The molecule has 9 heteroatoms. The molecule has 4 aromatic rings. The third kappa shape index (κ3) is 4.73. The Labute approximate surface area is 187 Å². The van der Waals surface area contributed by atoms with Crippen LogP contribution in [0.15, 0.2) is 59.4 Å². The molecular weight excluding hydrogens is 428 g/mol. The Morgan fingerprint density at radius 3 is 2.62 bits per heavy atom. The first-order valence-corrected chi connectivity index (χ1v) is 10.8. The van der Waals surface area contributed by atoms with Gasteiger partial charge in [-0.2, -0.15) is 9.61 Å². The van der Waals surface area contributed by atoms with E-state index in [1.807, 2.05) is 26.0 Å². The zero-order valence-electron chi connectivity index (χ0n) is 17.5. The maximum Gasteiger partial charge on any atom is 0.338 e. The fourth-order valence-electron chi connectivity index (χ4n) is 2.97. The minimum atomic E-state index is -0.586. The van der Waals surface area contributed by atoms with Crippen molar-refractivity contribution in [3.63, 3.8) is 0 Å². The number of fused-ring (bicyclic) bond motifs is 1. The lowest BCUT2D eigenvalue weighted by Crippen LogP contribution is -2.17. The molecule has 0 aliphatic carbocycles. The lowest BCUT2D eigenvalue weighted by atomic mass is 10.1. The van der Waals surface area contributed by atoms with Crippen LogP contribution in [0.3, 0.4) is 0 Å². The van der Waals surface area contributed by atoms with Crippen LogP contribution in [0.1, 0.15) is 43.9 Å². The van der Waals surface area contributed by atoms with Crippen molar-refractivity contribution in [1.29, 1.82) is 0 Å². The summed E-state index contributed by atoms with van der Waals surface area (Å²) in [7, 11) is 0. The lowest BCUT2D eigenvalue weighted by Gasteiger charge is -2.08. The summed E-state index contributed by atoms with van der Waals surface area (Å²) in [6.45, 7) is 3.74. The highest BCUT2D eigenvalue weighted by Gasteiger charge is 2.13. The number of benzene rings is 2. The van der Waals surface area contributed by atoms with Crippen molar-refractivity contribution in [2.24, 2.45) is 0 Å². The van der Waals surface area contributed by atoms with Gasteiger partial charge in [-0.1, -0.05) is 42.0 Å². The molecule has 0 unspecified atom stereocenters. The van der Waals surface area contributed by atoms with Gasteiger partial charge in [-0.05, 0) is 43.7 Å². The van der Waals surface area contributed by atoms with Crippen molar-refractivity contribution in [3.8, 4) is 0 Å². The predicted molar refractivity (Wildman–Crippen MR) is 121 cm³/mol. The van der Waals surface area contributed by atoms with Gasteiger partial charge in [-0.15, -0.1) is 0 Å². The van der Waals surface area contributed by atoms with Crippen LogP contribution in [0.2, 0.25) is 0 Å². The molecule has 0 bridgehead atoms. The summed E-state index contributed by atoms with van der Waals surface area (Å²) in [5.41, 5.74) is 2.35. The van der Waals surface area contributed by atoms with Crippen LogP contribution in [0.5, 0.6) is 0 Å². The van der Waals surface area contributed by atoms with Crippen molar-refractivity contribution in [2.45, 2.75) is 26.9 Å². The van der Waals surface area contributed by atoms with Gasteiger partial charge in [0.05, 0.1) is 11.3 Å². The van der Waals surface area contributed by atoms with Crippen molar-refractivity contribution in [2.75, 3.05) is 5.32 Å². The van der Waals surface area contributed by atoms with Crippen LogP contribution < -0.4 is 10.9 Å². The van der Waals surface area contributed by atoms with Crippen molar-refractivity contribution < 1.29 is 14.3 Å². The summed E-state index contributed by atoms with van der Waals surface area (Å²) in [5, 5.41) is 7.76. The third-order valence-electron chi connectivity index (χ3n) is 4.66. The van der Waals surface area contributed by atoms with Crippen LogP contribution in [0, 0.1) is 6.92 Å². The zero-order valence-corrected chi connectivity index (χ0v) is 18.3. The van der Waals surface area contributed by atoms with E-state index in [0.29, 0.717) is 28.3 Å². The number of aryl methyl sites for hydroxylation is 2. The molecule has 0 fully saturated rings. The Balaban J connectivity index is 1.44. The summed E-state index contributed by atoms with van der Waals surface area (Å²) >= 11 is 1.32. The first kappa shape index (κ1) is 21.4. The number of anilines is 1. The Hall–Kier alpha value is -3.85. The number of nitrogens with zero attached hydrogens (tertiary/aromatic N) is 3. The second-order valence-electron chi connectivity index (χ2n) is 7.11. The number of nitrogens with one attached hydrogen (secondary N) is 1. The molecule has 1 amide bonds. The Kier molecular flexibility index (Phi) is 6.09. The number of rotatable bonds is 6. The van der Waals surface area contributed by atoms with E-state index in [4.69, 9.17) is 4.74 Å². The standard InChI is InChI=1S/C23H20N4O4S/c1-3-19-26-27-20(28)12-18(25-23(27)32-19)13-31-22(30)16-5-4-6-17(11-16)24-21(29)15-9-7-14(2)8-10-15/h4-12H,3,13H2,1-2H3,(H,24,29). The Bertz CT molecular complexity index is 1360. The number of hydrogen-bond donors (Lipinski definition) is 1. The van der Waals surface area contributed by atoms with E-state index in [1.54, 1.807) is 30.3 Å². The molecule has 0 saturated carbocycles. The molecular formula is C23H20N4O4S. The fourth-order valence-corrected chi connectivity index (χ4v) is 3.83. The van der Waals surface area contributed by atoms with Crippen LogP contribution in [-0.2, 0) is 17.8 Å². The molecule has 0 aliphatic rings. The number of ether oxygens (including phenoxy) is 1. The second kappa shape index (κ2) is 9.11. The average molecular weight is 449 g/mol. The largest absolute Gasteiger partial charge is 0.456 e. The van der Waals surface area contributed by atoms with Gasteiger partial charge in [-0.25, -0.2) is 9.78 Å². The van der Waals surface area contributed by atoms with Gasteiger partial charge in [0.2, 0.25) is 4.96 Å². The van der Waals surface area contributed by atoms with E-state index in [-0.39, 0.29) is 23.6 Å². The van der Waals surface area contributed by atoms with Crippen LogP contribution in [-0.4, -0.2) is 26.5 Å². The number of carbonyl (C=O) groups is 2. The highest BCUT2D eigenvalue weighted by Crippen LogP contribution is 2.15. The average Bonchev–Trinajstić information content (AvgIpc) is 3.22. The monoisotopic (exact) mass is 448 g/mol.